The van der Waals surface area contributed by atoms with Crippen molar-refractivity contribution in [1.82, 2.24) is 15.1 Å². The summed E-state index contributed by atoms with van der Waals surface area (Å²) in [5, 5.41) is 16.6. The number of aromatic nitrogens is 2. The van der Waals surface area contributed by atoms with Crippen LogP contribution < -0.4 is 5.32 Å². The van der Waals surface area contributed by atoms with E-state index in [9.17, 15) is 14.7 Å². The van der Waals surface area contributed by atoms with Crippen LogP contribution >= 0.6 is 27.7 Å². The highest BCUT2D eigenvalue weighted by molar-refractivity contribution is 9.10. The highest BCUT2D eigenvalue weighted by atomic mass is 79.9. The van der Waals surface area contributed by atoms with Crippen molar-refractivity contribution < 1.29 is 19.4 Å². The van der Waals surface area contributed by atoms with Crippen molar-refractivity contribution in [2.45, 2.75) is 44.5 Å². The molecule has 9 heteroatoms. The van der Waals surface area contributed by atoms with Gasteiger partial charge in [0.15, 0.2) is 0 Å². The molecular weight excluding hydrogens is 530 g/mol. The molecule has 1 heterocycles. The molecule has 4 rings (SSSR count). The van der Waals surface area contributed by atoms with Gasteiger partial charge in [0, 0.05) is 18.2 Å². The van der Waals surface area contributed by atoms with Gasteiger partial charge >= 0.3 is 12.1 Å². The van der Waals surface area contributed by atoms with Gasteiger partial charge in [0.25, 0.3) is 0 Å². The zero-order chi connectivity index (χ0) is 24.9. The molecule has 0 bridgehead atoms. The fraction of sp³-hybridized carbons (Fsp3) is 0.346. The van der Waals surface area contributed by atoms with Crippen LogP contribution in [0.15, 0.2) is 53.0 Å². The summed E-state index contributed by atoms with van der Waals surface area (Å²) < 4.78 is 8.43. The lowest BCUT2D eigenvalue weighted by atomic mass is 9.98. The fourth-order valence-electron chi connectivity index (χ4n) is 4.42. The average molecular weight is 558 g/mol. The summed E-state index contributed by atoms with van der Waals surface area (Å²) in [5.74, 6) is 0.125. The number of carbonyl (C=O) groups excluding carboxylic acids is 1. The third-order valence-corrected chi connectivity index (χ3v) is 8.21. The van der Waals surface area contributed by atoms with Crippen molar-refractivity contribution in [2.24, 2.45) is 0 Å². The number of thioether (sulfide) groups is 1. The van der Waals surface area contributed by atoms with E-state index in [-0.39, 0.29) is 12.5 Å². The number of amides is 1. The Kier molecular flexibility index (Phi) is 8.18. The zero-order valence-electron chi connectivity index (χ0n) is 19.7. The van der Waals surface area contributed by atoms with E-state index in [1.165, 1.54) is 0 Å². The smallest absolute Gasteiger partial charge is 0.407 e. The number of hydrogen-bond acceptors (Lipinski definition) is 5. The van der Waals surface area contributed by atoms with Crippen LogP contribution in [0.25, 0.3) is 11.1 Å². The number of benzene rings is 2. The van der Waals surface area contributed by atoms with Crippen LogP contribution in [0.2, 0.25) is 0 Å². The van der Waals surface area contributed by atoms with E-state index in [0.29, 0.717) is 17.9 Å². The first-order valence-electron chi connectivity index (χ1n) is 11.5. The van der Waals surface area contributed by atoms with Crippen molar-refractivity contribution in [3.63, 3.8) is 0 Å². The Morgan fingerprint density at radius 3 is 2.40 bits per heavy atom. The Morgan fingerprint density at radius 1 is 1.17 bits per heavy atom. The molecule has 0 radical (unpaired) electrons. The quantitative estimate of drug-likeness (QED) is 0.315. The second-order valence-electron chi connectivity index (χ2n) is 8.36. The highest BCUT2D eigenvalue weighted by Crippen LogP contribution is 2.44. The minimum Gasteiger partial charge on any atom is -0.480 e. The predicted octanol–water partition coefficient (Wildman–Crippen LogP) is 5.59. The largest absolute Gasteiger partial charge is 0.480 e. The van der Waals surface area contributed by atoms with Gasteiger partial charge in [-0.15, -0.1) is 0 Å². The van der Waals surface area contributed by atoms with E-state index in [1.54, 1.807) is 11.8 Å². The monoisotopic (exact) mass is 557 g/mol. The first-order valence-corrected chi connectivity index (χ1v) is 13.5. The minimum absolute atomic E-state index is 0.0719. The summed E-state index contributed by atoms with van der Waals surface area (Å²) >= 11 is 5.19. The number of carboxylic acids is 1. The molecule has 2 aromatic carbocycles. The van der Waals surface area contributed by atoms with Gasteiger partial charge in [0.05, 0.1) is 15.9 Å². The number of rotatable bonds is 10. The molecule has 0 aliphatic heterocycles. The van der Waals surface area contributed by atoms with Crippen LogP contribution in [0.1, 0.15) is 41.8 Å². The normalized spacial score (nSPS) is 13.2. The number of alkyl carbamates (subject to hydrolysis) is 1. The first-order chi connectivity index (χ1) is 16.9. The van der Waals surface area contributed by atoms with E-state index < -0.39 is 18.1 Å². The highest BCUT2D eigenvalue weighted by Gasteiger charge is 2.29. The van der Waals surface area contributed by atoms with E-state index in [2.05, 4.69) is 38.5 Å². The molecule has 0 spiro atoms. The summed E-state index contributed by atoms with van der Waals surface area (Å²) in [7, 11) is 0. The lowest BCUT2D eigenvalue weighted by Crippen LogP contribution is -2.41. The lowest BCUT2D eigenvalue weighted by Gasteiger charge is -2.17. The molecule has 3 aromatic rings. The average Bonchev–Trinajstić information content (AvgIpc) is 3.33. The van der Waals surface area contributed by atoms with Crippen molar-refractivity contribution in [1.29, 1.82) is 0 Å². The lowest BCUT2D eigenvalue weighted by molar-refractivity contribution is -0.139. The molecule has 1 amide bonds. The number of nitrogens with one attached hydrogen (secondary N) is 1. The summed E-state index contributed by atoms with van der Waals surface area (Å²) in [5.41, 5.74) is 6.52. The SMILES string of the molecule is CCn1nc(C)c(Br)c1CSCCC(NC(=O)OCC1c2ccccc2-c2ccccc21)C(=O)O. The number of carboxylic acid groups (broad SMARTS) is 1. The van der Waals surface area contributed by atoms with Crippen molar-refractivity contribution in [3.8, 4) is 11.1 Å². The number of hydrogen-bond donors (Lipinski definition) is 2. The van der Waals surface area contributed by atoms with Gasteiger partial charge in [-0.1, -0.05) is 48.5 Å². The van der Waals surface area contributed by atoms with E-state index in [4.69, 9.17) is 4.74 Å². The minimum atomic E-state index is -1.07. The molecule has 1 aliphatic rings. The second-order valence-corrected chi connectivity index (χ2v) is 10.3. The second kappa shape index (κ2) is 11.3. The van der Waals surface area contributed by atoms with Crippen molar-refractivity contribution >= 4 is 39.8 Å². The van der Waals surface area contributed by atoms with Crippen LogP contribution in [0.4, 0.5) is 4.79 Å². The van der Waals surface area contributed by atoms with Crippen molar-refractivity contribution in [3.05, 3.63) is 75.5 Å². The number of aryl methyl sites for hydroxylation is 2. The molecule has 2 N–H and O–H groups in total. The summed E-state index contributed by atoms with van der Waals surface area (Å²) in [6, 6.07) is 15.2. The fourth-order valence-corrected chi connectivity index (χ4v) is 6.06. The van der Waals surface area contributed by atoms with Crippen LogP contribution in [-0.4, -0.2) is 45.4 Å². The number of nitrogens with zero attached hydrogens (tertiary/aromatic N) is 2. The molecule has 7 nitrogen and oxygen atoms in total. The van der Waals surface area contributed by atoms with Gasteiger partial charge in [0.2, 0.25) is 0 Å². The molecule has 0 saturated carbocycles. The zero-order valence-corrected chi connectivity index (χ0v) is 22.1. The summed E-state index contributed by atoms with van der Waals surface area (Å²) in [6.07, 6.45) is -0.423. The topological polar surface area (TPSA) is 93.5 Å². The third kappa shape index (κ3) is 5.56. The van der Waals surface area contributed by atoms with Crippen LogP contribution in [0.3, 0.4) is 0 Å². The Balaban J connectivity index is 1.30. The molecule has 0 fully saturated rings. The Bertz CT molecular complexity index is 1180. The Labute approximate surface area is 217 Å². The summed E-state index contributed by atoms with van der Waals surface area (Å²) in [6.45, 7) is 4.90. The van der Waals surface area contributed by atoms with Gasteiger partial charge in [-0.05, 0) is 64.2 Å². The molecular formula is C26H28BrN3O4S. The van der Waals surface area contributed by atoms with Crippen molar-refractivity contribution in [2.75, 3.05) is 12.4 Å². The Morgan fingerprint density at radius 2 is 1.80 bits per heavy atom. The van der Waals surface area contributed by atoms with E-state index in [1.807, 2.05) is 54.9 Å². The van der Waals surface area contributed by atoms with E-state index in [0.717, 1.165) is 44.7 Å². The van der Waals surface area contributed by atoms with E-state index >= 15 is 0 Å². The number of fused-ring (bicyclic) bond motifs is 3. The maximum Gasteiger partial charge on any atom is 0.407 e. The molecule has 1 unspecified atom stereocenters. The van der Waals surface area contributed by atoms with Gasteiger partial charge in [-0.2, -0.15) is 16.9 Å². The number of ether oxygens (including phenoxy) is 1. The molecule has 1 aromatic heterocycles. The van der Waals surface area contributed by atoms with Crippen LogP contribution in [-0.2, 0) is 21.8 Å². The maximum absolute atomic E-state index is 12.5. The first kappa shape index (κ1) is 25.3. The number of carbonyl (C=O) groups is 2. The van der Waals surface area contributed by atoms with Crippen LogP contribution in [0, 0.1) is 6.92 Å². The van der Waals surface area contributed by atoms with Gasteiger partial charge in [0.1, 0.15) is 12.6 Å². The number of halogens is 1. The molecule has 0 saturated heterocycles. The van der Waals surface area contributed by atoms with Gasteiger partial charge < -0.3 is 15.2 Å². The van der Waals surface area contributed by atoms with Gasteiger partial charge in [-0.25, -0.2) is 9.59 Å². The maximum atomic E-state index is 12.5. The molecule has 35 heavy (non-hydrogen) atoms. The molecule has 1 atom stereocenters. The van der Waals surface area contributed by atoms with Gasteiger partial charge in [-0.3, -0.25) is 4.68 Å². The predicted molar refractivity (Wildman–Crippen MR) is 141 cm³/mol. The standard InChI is InChI=1S/C26H28BrN3O4S/c1-3-30-23(24(27)16(2)29-30)15-35-13-12-22(25(31)32)28-26(33)34-14-21-19-10-6-4-8-17(19)18-9-5-7-11-20(18)21/h4-11,21-22H,3,12-15H2,1-2H3,(H,28,33)(H,31,32). The molecule has 184 valence electrons. The third-order valence-electron chi connectivity index (χ3n) is 6.18. The number of aliphatic carboxylic acids is 1. The van der Waals surface area contributed by atoms with Crippen LogP contribution in [0.5, 0.6) is 0 Å². The summed E-state index contributed by atoms with van der Waals surface area (Å²) in [4.78, 5) is 24.2. The molecule has 1 aliphatic carbocycles. The Hall–Kier alpha value is -2.78.